The largest absolute Gasteiger partial charge is 0.463 e. The molecule has 0 spiro atoms. The number of carbonyl (C=O) groups excluding carboxylic acids is 1. The summed E-state index contributed by atoms with van der Waals surface area (Å²) < 4.78 is 5.15. The van der Waals surface area contributed by atoms with Crippen LogP contribution in [0.4, 0.5) is 0 Å². The quantitative estimate of drug-likeness (QED) is 0.821. The summed E-state index contributed by atoms with van der Waals surface area (Å²) in [5.74, 6) is -0.0225. The number of rotatable bonds is 4. The molecule has 106 valence electrons. The molecule has 5 heteroatoms. The Morgan fingerprint density at radius 3 is 2.65 bits per heavy atom. The number of allylic oxidation sites excluding steroid dienone is 1. The van der Waals surface area contributed by atoms with E-state index in [1.165, 1.54) is 0 Å². The van der Waals surface area contributed by atoms with Crippen molar-refractivity contribution in [1.82, 2.24) is 5.32 Å². The molecule has 1 atom stereocenters. The Balaban J connectivity index is 2.46. The van der Waals surface area contributed by atoms with Crippen molar-refractivity contribution in [2.75, 3.05) is 6.61 Å². The van der Waals surface area contributed by atoms with Gasteiger partial charge in [-0.05, 0) is 18.9 Å². The van der Waals surface area contributed by atoms with Gasteiger partial charge in [0.2, 0.25) is 0 Å². The van der Waals surface area contributed by atoms with Crippen molar-refractivity contribution in [3.05, 3.63) is 47.2 Å². The number of hydrogen-bond donors (Lipinski definition) is 2. The zero-order chi connectivity index (χ0) is 14.5. The van der Waals surface area contributed by atoms with Gasteiger partial charge in [-0.3, -0.25) is 0 Å². The first-order chi connectivity index (χ1) is 9.67. The fraction of sp³-hybridized carbons (Fsp3) is 0.333. The van der Waals surface area contributed by atoms with Crippen molar-refractivity contribution >= 4 is 11.9 Å². The average molecular weight is 273 g/mol. The summed E-state index contributed by atoms with van der Waals surface area (Å²) in [5.41, 5.74) is 8.04. The van der Waals surface area contributed by atoms with Gasteiger partial charge in [0.15, 0.2) is 5.96 Å². The number of nitrogens with one attached hydrogen (secondary N) is 1. The summed E-state index contributed by atoms with van der Waals surface area (Å²) >= 11 is 0. The van der Waals surface area contributed by atoms with E-state index in [-0.39, 0.29) is 5.97 Å². The van der Waals surface area contributed by atoms with Gasteiger partial charge in [-0.1, -0.05) is 37.3 Å². The van der Waals surface area contributed by atoms with Crippen LogP contribution in [0, 0.1) is 0 Å². The molecule has 0 aromatic heterocycles. The Kier molecular flexibility index (Phi) is 4.40. The van der Waals surface area contributed by atoms with Gasteiger partial charge < -0.3 is 15.8 Å². The molecule has 1 unspecified atom stereocenters. The summed E-state index contributed by atoms with van der Waals surface area (Å²) in [7, 11) is 0. The molecule has 1 aliphatic rings. The highest BCUT2D eigenvalue weighted by atomic mass is 16.5. The van der Waals surface area contributed by atoms with Crippen LogP contribution in [0.1, 0.15) is 31.9 Å². The number of nitrogens with two attached hydrogens (primary N) is 1. The number of nitrogens with zero attached hydrogens (tertiary/aromatic N) is 1. The summed E-state index contributed by atoms with van der Waals surface area (Å²) in [5, 5.41) is 2.96. The van der Waals surface area contributed by atoms with Gasteiger partial charge in [0.05, 0.1) is 12.2 Å². The number of benzene rings is 1. The van der Waals surface area contributed by atoms with Gasteiger partial charge in [-0.2, -0.15) is 0 Å². The van der Waals surface area contributed by atoms with E-state index in [0.717, 1.165) is 11.3 Å². The molecule has 1 aromatic carbocycles. The third-order valence-corrected chi connectivity index (χ3v) is 3.11. The number of ether oxygens (including phenoxy) is 1. The van der Waals surface area contributed by atoms with Crippen LogP contribution in [-0.2, 0) is 9.53 Å². The van der Waals surface area contributed by atoms with Gasteiger partial charge in [-0.25, -0.2) is 9.79 Å². The van der Waals surface area contributed by atoms with Crippen LogP contribution < -0.4 is 11.1 Å². The van der Waals surface area contributed by atoms with Gasteiger partial charge >= 0.3 is 5.97 Å². The average Bonchev–Trinajstić information content (AvgIpc) is 2.47. The molecular formula is C15H19N3O2. The minimum Gasteiger partial charge on any atom is -0.463 e. The lowest BCUT2D eigenvalue weighted by molar-refractivity contribution is -0.139. The Hall–Kier alpha value is -2.30. The summed E-state index contributed by atoms with van der Waals surface area (Å²) in [6.45, 7) is 4.08. The van der Waals surface area contributed by atoms with E-state index in [0.29, 0.717) is 24.6 Å². The number of carbonyl (C=O) groups is 1. The normalized spacial score (nSPS) is 18.3. The maximum Gasteiger partial charge on any atom is 0.338 e. The van der Waals surface area contributed by atoms with Crippen LogP contribution in [0.5, 0.6) is 0 Å². The molecule has 0 saturated carbocycles. The number of hydrogen-bond acceptors (Lipinski definition) is 5. The van der Waals surface area contributed by atoms with E-state index >= 15 is 0 Å². The molecular weight excluding hydrogens is 254 g/mol. The fourth-order valence-electron chi connectivity index (χ4n) is 2.22. The van der Waals surface area contributed by atoms with Gasteiger partial charge in [-0.15, -0.1) is 0 Å². The maximum absolute atomic E-state index is 12.2. The lowest BCUT2D eigenvalue weighted by Crippen LogP contribution is -2.38. The van der Waals surface area contributed by atoms with Crippen molar-refractivity contribution in [2.45, 2.75) is 26.3 Å². The molecule has 0 saturated heterocycles. The van der Waals surface area contributed by atoms with Crippen LogP contribution in [-0.4, -0.2) is 18.5 Å². The molecule has 1 heterocycles. The Bertz CT molecular complexity index is 549. The van der Waals surface area contributed by atoms with Crippen LogP contribution in [0.2, 0.25) is 0 Å². The lowest BCUT2D eigenvalue weighted by Gasteiger charge is -2.25. The lowest BCUT2D eigenvalue weighted by atomic mass is 9.95. The van der Waals surface area contributed by atoms with E-state index in [1.807, 2.05) is 37.3 Å². The second kappa shape index (κ2) is 6.23. The molecule has 5 nitrogen and oxygen atoms in total. The highest BCUT2D eigenvalue weighted by Gasteiger charge is 2.30. The predicted molar refractivity (Wildman–Crippen MR) is 77.9 cm³/mol. The van der Waals surface area contributed by atoms with Gasteiger partial charge in [0.25, 0.3) is 0 Å². The van der Waals surface area contributed by atoms with E-state index in [1.54, 1.807) is 6.92 Å². The molecule has 0 aliphatic carbocycles. The minimum atomic E-state index is -0.411. The molecule has 0 bridgehead atoms. The third-order valence-electron chi connectivity index (χ3n) is 3.11. The molecule has 3 N–H and O–H groups in total. The van der Waals surface area contributed by atoms with Crippen molar-refractivity contribution in [3.63, 3.8) is 0 Å². The molecule has 20 heavy (non-hydrogen) atoms. The first kappa shape index (κ1) is 14.1. The zero-order valence-electron chi connectivity index (χ0n) is 11.7. The zero-order valence-corrected chi connectivity index (χ0v) is 11.7. The van der Waals surface area contributed by atoms with Crippen LogP contribution in [0.15, 0.2) is 46.6 Å². The van der Waals surface area contributed by atoms with Crippen molar-refractivity contribution in [2.24, 2.45) is 10.7 Å². The Morgan fingerprint density at radius 1 is 1.35 bits per heavy atom. The SMILES string of the molecule is CCOC(=O)C1=C(CC)NC(N)=NC1c1ccccc1. The molecule has 1 aromatic rings. The van der Waals surface area contributed by atoms with Crippen LogP contribution >= 0.6 is 0 Å². The van der Waals surface area contributed by atoms with Crippen molar-refractivity contribution in [1.29, 1.82) is 0 Å². The number of aliphatic imine (C=N–C) groups is 1. The van der Waals surface area contributed by atoms with E-state index in [4.69, 9.17) is 10.5 Å². The Labute approximate surface area is 118 Å². The van der Waals surface area contributed by atoms with E-state index in [9.17, 15) is 4.79 Å². The monoisotopic (exact) mass is 273 g/mol. The van der Waals surface area contributed by atoms with E-state index < -0.39 is 6.04 Å². The van der Waals surface area contributed by atoms with Crippen molar-refractivity contribution in [3.8, 4) is 0 Å². The van der Waals surface area contributed by atoms with Gasteiger partial charge in [0.1, 0.15) is 6.04 Å². The van der Waals surface area contributed by atoms with Gasteiger partial charge in [0, 0.05) is 5.70 Å². The fourth-order valence-corrected chi connectivity index (χ4v) is 2.22. The number of esters is 1. The molecule has 1 aliphatic heterocycles. The minimum absolute atomic E-state index is 0.323. The highest BCUT2D eigenvalue weighted by Crippen LogP contribution is 2.31. The molecule has 0 amide bonds. The smallest absolute Gasteiger partial charge is 0.338 e. The maximum atomic E-state index is 12.2. The molecule has 0 fully saturated rings. The standard InChI is InChI=1S/C15H19N3O2/c1-3-11-12(14(19)20-4-2)13(18-15(16)17-11)10-8-6-5-7-9-10/h5-9,13H,3-4H2,1-2H3,(H3,16,17,18). The van der Waals surface area contributed by atoms with E-state index in [2.05, 4.69) is 10.3 Å². The summed E-state index contributed by atoms with van der Waals surface area (Å²) in [6.07, 6.45) is 0.660. The first-order valence-corrected chi connectivity index (χ1v) is 6.72. The summed E-state index contributed by atoms with van der Waals surface area (Å²) in [4.78, 5) is 16.6. The second-order valence-corrected chi connectivity index (χ2v) is 4.42. The Morgan fingerprint density at radius 2 is 2.05 bits per heavy atom. The van der Waals surface area contributed by atoms with Crippen molar-refractivity contribution < 1.29 is 9.53 Å². The molecule has 0 radical (unpaired) electrons. The third kappa shape index (κ3) is 2.82. The summed E-state index contributed by atoms with van der Waals surface area (Å²) in [6, 6.07) is 9.20. The second-order valence-electron chi connectivity index (χ2n) is 4.42. The topological polar surface area (TPSA) is 76.7 Å². The molecule has 2 rings (SSSR count). The van der Waals surface area contributed by atoms with Crippen LogP contribution in [0.3, 0.4) is 0 Å². The highest BCUT2D eigenvalue weighted by molar-refractivity contribution is 5.95. The number of guanidine groups is 1. The van der Waals surface area contributed by atoms with Crippen LogP contribution in [0.25, 0.3) is 0 Å². The predicted octanol–water partition coefficient (Wildman–Crippen LogP) is 1.87. The first-order valence-electron chi connectivity index (χ1n) is 6.72.